The molecule has 0 aliphatic heterocycles. The molecule has 1 aromatic carbocycles. The van der Waals surface area contributed by atoms with Gasteiger partial charge in [-0.15, -0.1) is 0 Å². The fourth-order valence-electron chi connectivity index (χ4n) is 1.51. The van der Waals surface area contributed by atoms with E-state index in [0.717, 1.165) is 12.1 Å². The molecule has 3 nitrogen and oxygen atoms in total. The summed E-state index contributed by atoms with van der Waals surface area (Å²) in [6.45, 7) is 6.30. The summed E-state index contributed by atoms with van der Waals surface area (Å²) in [4.78, 5) is 13.1. The van der Waals surface area contributed by atoms with E-state index in [1.807, 2.05) is 24.1 Å². The number of hydrogen-bond acceptors (Lipinski definition) is 2. The molecule has 88 valence electrons. The molecule has 0 amide bonds. The summed E-state index contributed by atoms with van der Waals surface area (Å²) < 4.78 is 0. The van der Waals surface area contributed by atoms with Crippen molar-refractivity contribution in [3.05, 3.63) is 29.8 Å². The van der Waals surface area contributed by atoms with Gasteiger partial charge < -0.3 is 10.0 Å². The third-order valence-corrected chi connectivity index (χ3v) is 3.27. The number of aromatic carboxylic acids is 1. The number of nitrogens with zero attached hydrogens (tertiary/aromatic N) is 1. The van der Waals surface area contributed by atoms with E-state index in [0.29, 0.717) is 5.56 Å². The second kappa shape index (κ2) is 4.56. The van der Waals surface area contributed by atoms with E-state index in [-0.39, 0.29) is 5.54 Å². The van der Waals surface area contributed by atoms with Gasteiger partial charge in [-0.05, 0) is 32.4 Å². The SMILES string of the molecule is CCC(C)(C)N(C)c1ccccc1C(=O)O. The van der Waals surface area contributed by atoms with Gasteiger partial charge >= 0.3 is 5.97 Å². The van der Waals surface area contributed by atoms with Crippen molar-refractivity contribution in [2.75, 3.05) is 11.9 Å². The van der Waals surface area contributed by atoms with Crippen LogP contribution in [0.4, 0.5) is 5.69 Å². The third kappa shape index (κ3) is 2.35. The average molecular weight is 221 g/mol. The highest BCUT2D eigenvalue weighted by Crippen LogP contribution is 2.27. The second-order valence-corrected chi connectivity index (χ2v) is 4.55. The second-order valence-electron chi connectivity index (χ2n) is 4.55. The van der Waals surface area contributed by atoms with Crippen LogP contribution in [0.3, 0.4) is 0 Å². The van der Waals surface area contributed by atoms with Crippen LogP contribution in [0.25, 0.3) is 0 Å². The van der Waals surface area contributed by atoms with Crippen molar-refractivity contribution >= 4 is 11.7 Å². The van der Waals surface area contributed by atoms with Crippen LogP contribution in [0.2, 0.25) is 0 Å². The number of hydrogen-bond donors (Lipinski definition) is 1. The maximum absolute atomic E-state index is 11.1. The zero-order chi connectivity index (χ0) is 12.3. The molecule has 1 rings (SSSR count). The van der Waals surface area contributed by atoms with E-state index < -0.39 is 5.97 Å². The minimum absolute atomic E-state index is 0.0500. The lowest BCUT2D eigenvalue weighted by atomic mass is 9.98. The van der Waals surface area contributed by atoms with E-state index in [9.17, 15) is 4.79 Å². The zero-order valence-electron chi connectivity index (χ0n) is 10.3. The minimum Gasteiger partial charge on any atom is -0.478 e. The molecule has 0 fully saturated rings. The Morgan fingerprint density at radius 1 is 1.38 bits per heavy atom. The molecule has 0 aromatic heterocycles. The largest absolute Gasteiger partial charge is 0.478 e. The number of carbonyl (C=O) groups is 1. The van der Waals surface area contributed by atoms with E-state index >= 15 is 0 Å². The van der Waals surface area contributed by atoms with Gasteiger partial charge in [-0.2, -0.15) is 0 Å². The lowest BCUT2D eigenvalue weighted by molar-refractivity contribution is 0.0697. The van der Waals surface area contributed by atoms with Gasteiger partial charge in [-0.1, -0.05) is 19.1 Å². The molecule has 16 heavy (non-hydrogen) atoms. The number of carboxylic acid groups (broad SMARTS) is 1. The van der Waals surface area contributed by atoms with Crippen molar-refractivity contribution < 1.29 is 9.90 Å². The topological polar surface area (TPSA) is 40.5 Å². The predicted molar refractivity (Wildman–Crippen MR) is 66.2 cm³/mol. The number of anilines is 1. The molecule has 0 unspecified atom stereocenters. The van der Waals surface area contributed by atoms with Gasteiger partial charge in [0, 0.05) is 12.6 Å². The maximum Gasteiger partial charge on any atom is 0.337 e. The highest BCUT2D eigenvalue weighted by atomic mass is 16.4. The molecular formula is C13H19NO2. The lowest BCUT2D eigenvalue weighted by Gasteiger charge is -2.37. The molecule has 0 radical (unpaired) electrons. The van der Waals surface area contributed by atoms with Crippen LogP contribution in [0.15, 0.2) is 24.3 Å². The number of rotatable bonds is 4. The van der Waals surface area contributed by atoms with Crippen molar-refractivity contribution in [2.45, 2.75) is 32.7 Å². The average Bonchev–Trinajstić information content (AvgIpc) is 2.28. The zero-order valence-corrected chi connectivity index (χ0v) is 10.3. The molecule has 0 bridgehead atoms. The minimum atomic E-state index is -0.880. The molecule has 0 aliphatic rings. The molecule has 0 saturated heterocycles. The number of carboxylic acids is 1. The van der Waals surface area contributed by atoms with Crippen molar-refractivity contribution in [3.8, 4) is 0 Å². The molecule has 0 heterocycles. The molecule has 0 aliphatic carbocycles. The Morgan fingerprint density at radius 3 is 2.44 bits per heavy atom. The molecule has 0 spiro atoms. The van der Waals surface area contributed by atoms with Crippen LogP contribution in [0, 0.1) is 0 Å². The summed E-state index contributed by atoms with van der Waals surface area (Å²) in [7, 11) is 1.94. The van der Waals surface area contributed by atoms with E-state index in [4.69, 9.17) is 5.11 Å². The standard InChI is InChI=1S/C13H19NO2/c1-5-13(2,3)14(4)11-9-7-6-8-10(11)12(15)16/h6-9H,5H2,1-4H3,(H,15,16). The summed E-state index contributed by atoms with van der Waals surface area (Å²) in [5.74, 6) is -0.880. The monoisotopic (exact) mass is 221 g/mol. The fraction of sp³-hybridized carbons (Fsp3) is 0.462. The van der Waals surface area contributed by atoms with Gasteiger partial charge in [0.25, 0.3) is 0 Å². The van der Waals surface area contributed by atoms with Gasteiger partial charge in [-0.25, -0.2) is 4.79 Å². The van der Waals surface area contributed by atoms with Gasteiger partial charge in [0.2, 0.25) is 0 Å². The van der Waals surface area contributed by atoms with Crippen LogP contribution in [-0.4, -0.2) is 23.7 Å². The van der Waals surface area contributed by atoms with Crippen molar-refractivity contribution in [2.24, 2.45) is 0 Å². The molecular weight excluding hydrogens is 202 g/mol. The van der Waals surface area contributed by atoms with Gasteiger partial charge in [-0.3, -0.25) is 0 Å². The first-order valence-electron chi connectivity index (χ1n) is 5.46. The van der Waals surface area contributed by atoms with Crippen LogP contribution in [-0.2, 0) is 0 Å². The lowest BCUT2D eigenvalue weighted by Crippen LogP contribution is -2.41. The van der Waals surface area contributed by atoms with E-state index in [1.165, 1.54) is 0 Å². The van der Waals surface area contributed by atoms with Crippen LogP contribution in [0.1, 0.15) is 37.6 Å². The van der Waals surface area contributed by atoms with E-state index in [1.54, 1.807) is 12.1 Å². The Morgan fingerprint density at radius 2 is 1.94 bits per heavy atom. The quantitative estimate of drug-likeness (QED) is 0.849. The Kier molecular flexibility index (Phi) is 3.58. The van der Waals surface area contributed by atoms with Crippen molar-refractivity contribution in [3.63, 3.8) is 0 Å². The smallest absolute Gasteiger partial charge is 0.337 e. The summed E-state index contributed by atoms with van der Waals surface area (Å²) in [5, 5.41) is 9.13. The predicted octanol–water partition coefficient (Wildman–Crippen LogP) is 3.01. The third-order valence-electron chi connectivity index (χ3n) is 3.27. The fourth-order valence-corrected chi connectivity index (χ4v) is 1.51. The Bertz CT molecular complexity index is 385. The van der Waals surface area contributed by atoms with Crippen molar-refractivity contribution in [1.82, 2.24) is 0 Å². The van der Waals surface area contributed by atoms with Crippen molar-refractivity contribution in [1.29, 1.82) is 0 Å². The van der Waals surface area contributed by atoms with Gasteiger partial charge in [0.05, 0.1) is 11.3 Å². The highest BCUT2D eigenvalue weighted by Gasteiger charge is 2.24. The normalized spacial score (nSPS) is 11.2. The molecule has 1 aromatic rings. The number of para-hydroxylation sites is 1. The number of benzene rings is 1. The Hall–Kier alpha value is -1.51. The Labute approximate surface area is 96.7 Å². The molecule has 0 atom stereocenters. The Balaban J connectivity index is 3.18. The highest BCUT2D eigenvalue weighted by molar-refractivity contribution is 5.94. The van der Waals surface area contributed by atoms with E-state index in [2.05, 4.69) is 20.8 Å². The van der Waals surface area contributed by atoms with Gasteiger partial charge in [0.1, 0.15) is 0 Å². The first-order chi connectivity index (χ1) is 7.40. The summed E-state index contributed by atoms with van der Waals surface area (Å²) in [6.07, 6.45) is 0.956. The van der Waals surface area contributed by atoms with Gasteiger partial charge in [0.15, 0.2) is 0 Å². The maximum atomic E-state index is 11.1. The van der Waals surface area contributed by atoms with Crippen LogP contribution >= 0.6 is 0 Å². The molecule has 0 saturated carbocycles. The molecule has 1 N–H and O–H groups in total. The molecule has 3 heteroatoms. The van der Waals surface area contributed by atoms with Crippen LogP contribution in [0.5, 0.6) is 0 Å². The first kappa shape index (κ1) is 12.6. The summed E-state index contributed by atoms with van der Waals surface area (Å²) in [5.41, 5.74) is 1.07. The van der Waals surface area contributed by atoms with Crippen LogP contribution < -0.4 is 4.90 Å². The first-order valence-corrected chi connectivity index (χ1v) is 5.46. The summed E-state index contributed by atoms with van der Waals surface area (Å²) >= 11 is 0. The summed E-state index contributed by atoms with van der Waals surface area (Å²) in [6, 6.07) is 7.10.